The van der Waals surface area contributed by atoms with Crippen molar-refractivity contribution in [3.63, 3.8) is 0 Å². The molecular weight excluding hydrogens is 307 g/mol. The standard InChI is InChI=1S/C15H25BN6O2/c1-5-6-11(10(3)21-17)9(2)20-13(23)8-22-15(24)14(16)12(18-4)7-19-22/h6-7,9-10,18,21H,5,8,17H2,1-4H3,(H,20,23)/b11-6-. The van der Waals surface area contributed by atoms with Crippen molar-refractivity contribution in [2.45, 2.75) is 45.8 Å². The topological polar surface area (TPSA) is 114 Å². The number of anilines is 1. The molecule has 1 rings (SSSR count). The first-order chi connectivity index (χ1) is 11.3. The lowest BCUT2D eigenvalue weighted by Gasteiger charge is -2.23. The Morgan fingerprint density at radius 3 is 2.67 bits per heavy atom. The maximum atomic E-state index is 12.2. The molecule has 5 N–H and O–H groups in total. The fourth-order valence-corrected chi connectivity index (χ4v) is 2.38. The van der Waals surface area contributed by atoms with Crippen LogP contribution in [-0.4, -0.2) is 42.7 Å². The fraction of sp³-hybridized carbons (Fsp3) is 0.533. The van der Waals surface area contributed by atoms with E-state index in [1.165, 1.54) is 6.20 Å². The van der Waals surface area contributed by atoms with Gasteiger partial charge in [-0.2, -0.15) is 5.10 Å². The van der Waals surface area contributed by atoms with Gasteiger partial charge in [-0.1, -0.05) is 13.0 Å². The molecule has 0 spiro atoms. The van der Waals surface area contributed by atoms with Gasteiger partial charge in [0.2, 0.25) is 5.91 Å². The Morgan fingerprint density at radius 2 is 2.12 bits per heavy atom. The first-order valence-corrected chi connectivity index (χ1v) is 7.84. The summed E-state index contributed by atoms with van der Waals surface area (Å²) in [6.45, 7) is 5.57. The van der Waals surface area contributed by atoms with Crippen LogP contribution in [-0.2, 0) is 11.3 Å². The van der Waals surface area contributed by atoms with Crippen LogP contribution in [0.15, 0.2) is 22.6 Å². The zero-order valence-electron chi connectivity index (χ0n) is 14.6. The first kappa shape index (κ1) is 19.9. The summed E-state index contributed by atoms with van der Waals surface area (Å²) in [4.78, 5) is 24.3. The van der Waals surface area contributed by atoms with Crippen molar-refractivity contribution in [1.29, 1.82) is 0 Å². The van der Waals surface area contributed by atoms with E-state index in [0.29, 0.717) is 5.69 Å². The highest BCUT2D eigenvalue weighted by Crippen LogP contribution is 2.09. The number of amides is 1. The number of nitrogens with zero attached hydrogens (tertiary/aromatic N) is 2. The average molecular weight is 332 g/mol. The maximum Gasteiger partial charge on any atom is 0.262 e. The smallest absolute Gasteiger partial charge is 0.262 e. The molecule has 0 saturated heterocycles. The van der Waals surface area contributed by atoms with Crippen molar-refractivity contribution in [3.8, 4) is 0 Å². The van der Waals surface area contributed by atoms with Crippen LogP contribution in [0.1, 0.15) is 27.2 Å². The fourth-order valence-electron chi connectivity index (χ4n) is 2.38. The van der Waals surface area contributed by atoms with E-state index < -0.39 is 5.56 Å². The summed E-state index contributed by atoms with van der Waals surface area (Å²) in [5, 5.41) is 9.56. The molecule has 1 aromatic heterocycles. The summed E-state index contributed by atoms with van der Waals surface area (Å²) in [6.07, 6.45) is 4.25. The Balaban J connectivity index is 2.84. The summed E-state index contributed by atoms with van der Waals surface area (Å²) >= 11 is 0. The molecule has 0 aromatic carbocycles. The third-order valence-electron chi connectivity index (χ3n) is 3.71. The molecule has 0 saturated carbocycles. The van der Waals surface area contributed by atoms with Gasteiger partial charge in [0.25, 0.3) is 5.56 Å². The van der Waals surface area contributed by atoms with Gasteiger partial charge >= 0.3 is 0 Å². The highest BCUT2D eigenvalue weighted by molar-refractivity contribution is 6.35. The Kier molecular flexibility index (Phi) is 7.67. The van der Waals surface area contributed by atoms with Crippen LogP contribution in [0.4, 0.5) is 5.69 Å². The number of hydrogen-bond acceptors (Lipinski definition) is 6. The second-order valence-electron chi connectivity index (χ2n) is 5.47. The summed E-state index contributed by atoms with van der Waals surface area (Å²) in [5.74, 6) is 5.15. The average Bonchev–Trinajstić information content (AvgIpc) is 2.56. The molecule has 0 aliphatic rings. The Hall–Kier alpha value is -2.13. The van der Waals surface area contributed by atoms with Crippen molar-refractivity contribution >= 4 is 24.9 Å². The quantitative estimate of drug-likeness (QED) is 0.205. The summed E-state index contributed by atoms with van der Waals surface area (Å²) in [7, 11) is 7.36. The lowest BCUT2D eigenvalue weighted by atomic mass is 9.97. The monoisotopic (exact) mass is 332 g/mol. The van der Waals surface area contributed by atoms with Gasteiger partial charge in [-0.25, -0.2) is 4.68 Å². The third-order valence-corrected chi connectivity index (χ3v) is 3.71. The number of hydrazine groups is 1. The number of carbonyl (C=O) groups excluding carboxylic acids is 1. The van der Waals surface area contributed by atoms with E-state index in [1.54, 1.807) is 7.05 Å². The zero-order chi connectivity index (χ0) is 18.3. The Labute approximate surface area is 143 Å². The van der Waals surface area contributed by atoms with Gasteiger partial charge in [0.05, 0.1) is 11.9 Å². The second-order valence-corrected chi connectivity index (χ2v) is 5.47. The molecule has 0 aliphatic heterocycles. The van der Waals surface area contributed by atoms with Gasteiger partial charge in [-0.05, 0) is 31.3 Å². The van der Waals surface area contributed by atoms with Gasteiger partial charge in [0.15, 0.2) is 0 Å². The van der Waals surface area contributed by atoms with Crippen LogP contribution < -0.4 is 32.9 Å². The van der Waals surface area contributed by atoms with E-state index in [1.807, 2.05) is 26.8 Å². The molecule has 0 fully saturated rings. The predicted octanol–water partition coefficient (Wildman–Crippen LogP) is -1.23. The Morgan fingerprint density at radius 1 is 1.46 bits per heavy atom. The molecule has 1 heterocycles. The van der Waals surface area contributed by atoms with E-state index in [-0.39, 0.29) is 30.0 Å². The van der Waals surface area contributed by atoms with Crippen LogP contribution in [0.5, 0.6) is 0 Å². The van der Waals surface area contributed by atoms with Crippen LogP contribution >= 0.6 is 0 Å². The van der Waals surface area contributed by atoms with Gasteiger partial charge in [0, 0.05) is 19.1 Å². The van der Waals surface area contributed by atoms with Crippen molar-refractivity contribution < 1.29 is 4.79 Å². The van der Waals surface area contributed by atoms with Gasteiger partial charge in [-0.3, -0.25) is 20.9 Å². The Bertz CT molecular complexity index is 658. The highest BCUT2D eigenvalue weighted by Gasteiger charge is 2.17. The van der Waals surface area contributed by atoms with Crippen molar-refractivity contribution in [3.05, 3.63) is 28.2 Å². The van der Waals surface area contributed by atoms with Crippen molar-refractivity contribution in [2.24, 2.45) is 5.84 Å². The second kappa shape index (κ2) is 9.24. The largest absolute Gasteiger partial charge is 0.387 e. The van der Waals surface area contributed by atoms with Crippen LogP contribution in [0.2, 0.25) is 0 Å². The molecule has 2 radical (unpaired) electrons. The van der Waals surface area contributed by atoms with Gasteiger partial charge < -0.3 is 10.6 Å². The number of aromatic nitrogens is 2. The molecule has 0 aliphatic carbocycles. The minimum absolute atomic E-state index is 0.0286. The van der Waals surface area contributed by atoms with E-state index in [4.69, 9.17) is 13.7 Å². The number of nitrogens with one attached hydrogen (secondary N) is 3. The zero-order valence-corrected chi connectivity index (χ0v) is 14.6. The van der Waals surface area contributed by atoms with Crippen LogP contribution in [0.3, 0.4) is 0 Å². The molecule has 24 heavy (non-hydrogen) atoms. The van der Waals surface area contributed by atoms with E-state index in [2.05, 4.69) is 21.2 Å². The third kappa shape index (κ3) is 4.94. The van der Waals surface area contributed by atoms with Crippen LogP contribution in [0.25, 0.3) is 0 Å². The number of allylic oxidation sites excluding steroid dienone is 1. The number of nitrogens with two attached hydrogens (primary N) is 1. The lowest BCUT2D eigenvalue weighted by Crippen LogP contribution is -2.46. The first-order valence-electron chi connectivity index (χ1n) is 7.84. The molecule has 2 atom stereocenters. The highest BCUT2D eigenvalue weighted by atomic mass is 16.2. The molecule has 1 aromatic rings. The SMILES string of the molecule is [B]c1c(NC)cnn(CC(=O)NC(C)/C(=C/CC)C(C)NN)c1=O. The van der Waals surface area contributed by atoms with Crippen molar-refractivity contribution in [2.75, 3.05) is 12.4 Å². The molecule has 2 unspecified atom stereocenters. The van der Waals surface area contributed by atoms with E-state index in [0.717, 1.165) is 16.7 Å². The minimum Gasteiger partial charge on any atom is -0.387 e. The number of rotatable bonds is 8. The molecule has 8 nitrogen and oxygen atoms in total. The van der Waals surface area contributed by atoms with E-state index in [9.17, 15) is 9.59 Å². The molecule has 130 valence electrons. The number of hydrogen-bond donors (Lipinski definition) is 4. The minimum atomic E-state index is -0.508. The molecule has 0 bridgehead atoms. The van der Waals surface area contributed by atoms with E-state index >= 15 is 0 Å². The predicted molar refractivity (Wildman–Crippen MR) is 96.2 cm³/mol. The number of carbonyl (C=O) groups is 1. The lowest BCUT2D eigenvalue weighted by molar-refractivity contribution is -0.122. The normalized spacial score (nSPS) is 14.1. The molecule has 1 amide bonds. The maximum absolute atomic E-state index is 12.2. The summed E-state index contributed by atoms with van der Waals surface area (Å²) < 4.78 is 1.03. The van der Waals surface area contributed by atoms with Gasteiger partial charge in [-0.15, -0.1) is 0 Å². The van der Waals surface area contributed by atoms with Crippen LogP contribution in [0, 0.1) is 0 Å². The molecular formula is C15H25BN6O2. The summed E-state index contributed by atoms with van der Waals surface area (Å²) in [5.41, 5.74) is 3.60. The van der Waals surface area contributed by atoms with Crippen molar-refractivity contribution in [1.82, 2.24) is 20.5 Å². The molecule has 9 heteroatoms. The van der Waals surface area contributed by atoms with Gasteiger partial charge in [0.1, 0.15) is 14.4 Å². The summed E-state index contributed by atoms with van der Waals surface area (Å²) in [6, 6.07) is -0.306.